The van der Waals surface area contributed by atoms with Crippen LogP contribution in [0.25, 0.3) is 0 Å². The second-order valence-electron chi connectivity index (χ2n) is 6.00. The number of amides is 1. The molecule has 2 atom stereocenters. The molecule has 2 unspecified atom stereocenters. The van der Waals surface area contributed by atoms with Crippen LogP contribution in [-0.4, -0.2) is 43.5 Å². The number of likely N-dealkylation sites (tertiary alicyclic amines) is 1. The van der Waals surface area contributed by atoms with Gasteiger partial charge in [0.25, 0.3) is 0 Å². The summed E-state index contributed by atoms with van der Waals surface area (Å²) in [4.78, 5) is 14.4. The number of piperidine rings is 1. The molecule has 1 fully saturated rings. The Morgan fingerprint density at radius 2 is 2.24 bits per heavy atom. The number of benzene rings is 1. The van der Waals surface area contributed by atoms with E-state index in [1.807, 2.05) is 38.2 Å². The summed E-state index contributed by atoms with van der Waals surface area (Å²) in [6.07, 6.45) is 2.27. The van der Waals surface area contributed by atoms with E-state index >= 15 is 0 Å². The van der Waals surface area contributed by atoms with E-state index in [1.165, 1.54) is 0 Å². The van der Waals surface area contributed by atoms with Gasteiger partial charge in [-0.25, -0.2) is 0 Å². The number of nitrogens with zero attached hydrogens (tertiary/aromatic N) is 1. The van der Waals surface area contributed by atoms with Crippen molar-refractivity contribution in [3.05, 3.63) is 29.8 Å². The van der Waals surface area contributed by atoms with Gasteiger partial charge in [0, 0.05) is 24.8 Å². The lowest BCUT2D eigenvalue weighted by Crippen LogP contribution is -2.49. The highest BCUT2D eigenvalue weighted by atomic mass is 16.2. The summed E-state index contributed by atoms with van der Waals surface area (Å²) >= 11 is 0. The first-order valence-electron chi connectivity index (χ1n) is 7.88. The van der Waals surface area contributed by atoms with Crippen LogP contribution in [0.15, 0.2) is 24.3 Å². The van der Waals surface area contributed by atoms with E-state index in [2.05, 4.69) is 22.5 Å². The quantitative estimate of drug-likeness (QED) is 0.874. The fourth-order valence-corrected chi connectivity index (χ4v) is 3.17. The number of hydrogen-bond donors (Lipinski definition) is 2. The third-order valence-electron chi connectivity index (χ3n) is 4.38. The maximum absolute atomic E-state index is 12.2. The molecule has 1 heterocycles. The Kier molecular flexibility index (Phi) is 5.76. The molecule has 0 bridgehead atoms. The summed E-state index contributed by atoms with van der Waals surface area (Å²) in [5.41, 5.74) is 2.05. The van der Waals surface area contributed by atoms with Crippen LogP contribution < -0.4 is 10.6 Å². The fourth-order valence-electron chi connectivity index (χ4n) is 3.17. The van der Waals surface area contributed by atoms with Crippen molar-refractivity contribution < 1.29 is 4.79 Å². The fraction of sp³-hybridized carbons (Fsp3) is 0.588. The first-order valence-corrected chi connectivity index (χ1v) is 7.88. The van der Waals surface area contributed by atoms with Gasteiger partial charge >= 0.3 is 0 Å². The van der Waals surface area contributed by atoms with E-state index < -0.39 is 0 Å². The van der Waals surface area contributed by atoms with Gasteiger partial charge in [0.05, 0.1) is 6.54 Å². The molecule has 0 aromatic heterocycles. The van der Waals surface area contributed by atoms with Crippen LogP contribution in [0.4, 0.5) is 5.69 Å². The zero-order valence-electron chi connectivity index (χ0n) is 13.4. The second kappa shape index (κ2) is 7.57. The number of anilines is 1. The highest BCUT2D eigenvalue weighted by Crippen LogP contribution is 2.20. The zero-order chi connectivity index (χ0) is 15.2. The van der Waals surface area contributed by atoms with Crippen molar-refractivity contribution in [3.63, 3.8) is 0 Å². The Balaban J connectivity index is 1.85. The molecule has 0 aliphatic carbocycles. The minimum absolute atomic E-state index is 0.0818. The Hall–Kier alpha value is -1.39. The topological polar surface area (TPSA) is 44.4 Å². The van der Waals surface area contributed by atoms with Crippen molar-refractivity contribution >= 4 is 11.6 Å². The van der Waals surface area contributed by atoms with Crippen LogP contribution in [0.2, 0.25) is 0 Å². The molecule has 0 spiro atoms. The van der Waals surface area contributed by atoms with Crippen LogP contribution >= 0.6 is 0 Å². The van der Waals surface area contributed by atoms with Gasteiger partial charge in [-0.3, -0.25) is 9.69 Å². The average Bonchev–Trinajstić information content (AvgIpc) is 2.47. The van der Waals surface area contributed by atoms with Crippen molar-refractivity contribution in [3.8, 4) is 0 Å². The van der Waals surface area contributed by atoms with Gasteiger partial charge < -0.3 is 10.6 Å². The van der Waals surface area contributed by atoms with Crippen molar-refractivity contribution in [1.29, 1.82) is 0 Å². The number of rotatable bonds is 5. The van der Waals surface area contributed by atoms with Gasteiger partial charge in [-0.1, -0.05) is 25.5 Å². The lowest BCUT2D eigenvalue weighted by molar-refractivity contribution is -0.117. The maximum Gasteiger partial charge on any atom is 0.238 e. The van der Waals surface area contributed by atoms with Gasteiger partial charge in [-0.15, -0.1) is 0 Å². The number of carbonyl (C=O) groups excluding carboxylic acids is 1. The van der Waals surface area contributed by atoms with Crippen LogP contribution in [0.3, 0.4) is 0 Å². The molecule has 0 radical (unpaired) electrons. The molecule has 1 aromatic rings. The molecule has 2 rings (SSSR count). The van der Waals surface area contributed by atoms with Crippen molar-refractivity contribution in [1.82, 2.24) is 10.2 Å². The van der Waals surface area contributed by atoms with Crippen molar-refractivity contribution in [2.75, 3.05) is 32.0 Å². The predicted octanol–water partition coefficient (Wildman–Crippen LogP) is 2.25. The SMILES string of the molecule is CCC1CN(CC(=O)Nc2cccc(C)c2)CCC1NC. The van der Waals surface area contributed by atoms with E-state index in [9.17, 15) is 4.79 Å². The summed E-state index contributed by atoms with van der Waals surface area (Å²) in [5, 5.41) is 6.39. The standard InChI is InChI=1S/C17H27N3O/c1-4-14-11-20(9-8-16(14)18-3)12-17(21)19-15-7-5-6-13(2)10-15/h5-7,10,14,16,18H,4,8-9,11-12H2,1-3H3,(H,19,21). The molecule has 1 amide bonds. The van der Waals surface area contributed by atoms with Crippen LogP contribution in [0.5, 0.6) is 0 Å². The smallest absolute Gasteiger partial charge is 0.238 e. The molecule has 1 aromatic carbocycles. The molecule has 1 aliphatic heterocycles. The molecule has 0 saturated carbocycles. The summed E-state index contributed by atoms with van der Waals surface area (Å²) < 4.78 is 0. The highest BCUT2D eigenvalue weighted by Gasteiger charge is 2.27. The van der Waals surface area contributed by atoms with Gasteiger partial charge in [-0.05, 0) is 44.0 Å². The van der Waals surface area contributed by atoms with Gasteiger partial charge in [-0.2, -0.15) is 0 Å². The predicted molar refractivity (Wildman–Crippen MR) is 87.5 cm³/mol. The molecule has 116 valence electrons. The highest BCUT2D eigenvalue weighted by molar-refractivity contribution is 5.92. The summed E-state index contributed by atoms with van der Waals surface area (Å²) in [5.74, 6) is 0.717. The Labute approximate surface area is 127 Å². The van der Waals surface area contributed by atoms with Gasteiger partial charge in [0.15, 0.2) is 0 Å². The minimum Gasteiger partial charge on any atom is -0.325 e. The number of carbonyl (C=O) groups is 1. The van der Waals surface area contributed by atoms with E-state index in [-0.39, 0.29) is 5.91 Å². The zero-order valence-corrected chi connectivity index (χ0v) is 13.4. The first kappa shape index (κ1) is 16.0. The van der Waals surface area contributed by atoms with Gasteiger partial charge in [0.2, 0.25) is 5.91 Å². The number of nitrogens with one attached hydrogen (secondary N) is 2. The molecule has 2 N–H and O–H groups in total. The third-order valence-corrected chi connectivity index (χ3v) is 4.38. The Morgan fingerprint density at radius 1 is 1.43 bits per heavy atom. The lowest BCUT2D eigenvalue weighted by atomic mass is 9.90. The molecule has 1 aliphatic rings. The molecular weight excluding hydrogens is 262 g/mol. The summed E-state index contributed by atoms with van der Waals surface area (Å²) in [6.45, 7) is 6.74. The van der Waals surface area contributed by atoms with Crippen molar-refractivity contribution in [2.45, 2.75) is 32.7 Å². The van der Waals surface area contributed by atoms with E-state index in [0.717, 1.165) is 37.2 Å². The molecule has 21 heavy (non-hydrogen) atoms. The number of aryl methyl sites for hydroxylation is 1. The molecular formula is C17H27N3O. The Bertz CT molecular complexity index is 475. The molecule has 4 heteroatoms. The summed E-state index contributed by atoms with van der Waals surface area (Å²) in [6, 6.07) is 8.53. The van der Waals surface area contributed by atoms with Crippen LogP contribution in [0.1, 0.15) is 25.3 Å². The lowest BCUT2D eigenvalue weighted by Gasteiger charge is -2.37. The molecule has 4 nitrogen and oxygen atoms in total. The second-order valence-corrected chi connectivity index (χ2v) is 6.00. The first-order chi connectivity index (χ1) is 10.1. The normalized spacial score (nSPS) is 23.0. The largest absolute Gasteiger partial charge is 0.325 e. The van der Waals surface area contributed by atoms with Gasteiger partial charge in [0.1, 0.15) is 0 Å². The van der Waals surface area contributed by atoms with E-state index in [1.54, 1.807) is 0 Å². The van der Waals surface area contributed by atoms with Crippen LogP contribution in [-0.2, 0) is 4.79 Å². The maximum atomic E-state index is 12.2. The monoisotopic (exact) mass is 289 g/mol. The Morgan fingerprint density at radius 3 is 2.90 bits per heavy atom. The minimum atomic E-state index is 0.0818. The number of hydrogen-bond acceptors (Lipinski definition) is 3. The average molecular weight is 289 g/mol. The third kappa shape index (κ3) is 4.55. The van der Waals surface area contributed by atoms with E-state index in [0.29, 0.717) is 18.5 Å². The van der Waals surface area contributed by atoms with Crippen molar-refractivity contribution in [2.24, 2.45) is 5.92 Å². The summed E-state index contributed by atoms with van der Waals surface area (Å²) in [7, 11) is 2.04. The van der Waals surface area contributed by atoms with Crippen LogP contribution in [0, 0.1) is 12.8 Å². The molecule has 1 saturated heterocycles. The van der Waals surface area contributed by atoms with E-state index in [4.69, 9.17) is 0 Å².